The molecule has 2 N–H and O–H groups in total. The van der Waals surface area contributed by atoms with Gasteiger partial charge in [-0.25, -0.2) is 9.78 Å². The average Bonchev–Trinajstić information content (AvgIpc) is 2.61. The fourth-order valence-corrected chi connectivity index (χ4v) is 2.50. The second-order valence-corrected chi connectivity index (χ2v) is 5.89. The number of aryl methyl sites for hydroxylation is 1. The fraction of sp³-hybridized carbons (Fsp3) is 0.150. The Morgan fingerprint density at radius 3 is 2.44 bits per heavy atom. The summed E-state index contributed by atoms with van der Waals surface area (Å²) in [6, 6.07) is 16.9. The molecule has 5 heteroatoms. The maximum Gasteiger partial charge on any atom is 0.339 e. The van der Waals surface area contributed by atoms with Crippen LogP contribution in [-0.4, -0.2) is 23.0 Å². The van der Waals surface area contributed by atoms with Crippen LogP contribution in [0.4, 0.5) is 0 Å². The predicted octanol–water partition coefficient (Wildman–Crippen LogP) is 3.24. The van der Waals surface area contributed by atoms with Gasteiger partial charge in [0.25, 0.3) is 5.91 Å². The lowest BCUT2D eigenvalue weighted by atomic mass is 10.0. The Hall–Kier alpha value is -3.21. The molecule has 3 aromatic rings. The number of primary amides is 1. The molecule has 0 unspecified atom stereocenters. The van der Waals surface area contributed by atoms with Crippen molar-refractivity contribution in [1.82, 2.24) is 4.98 Å². The van der Waals surface area contributed by atoms with E-state index in [0.29, 0.717) is 22.2 Å². The highest BCUT2D eigenvalue weighted by Gasteiger charge is 2.19. The van der Waals surface area contributed by atoms with E-state index < -0.39 is 18.0 Å². The van der Waals surface area contributed by atoms with Gasteiger partial charge in [0.1, 0.15) is 0 Å². The van der Waals surface area contributed by atoms with E-state index in [1.54, 1.807) is 12.1 Å². The van der Waals surface area contributed by atoms with Crippen LogP contribution in [0.25, 0.3) is 22.2 Å². The summed E-state index contributed by atoms with van der Waals surface area (Å²) in [5, 5.41) is 0.667. The van der Waals surface area contributed by atoms with E-state index in [4.69, 9.17) is 10.5 Å². The molecule has 1 heterocycles. The highest BCUT2D eigenvalue weighted by atomic mass is 16.5. The second kappa shape index (κ2) is 6.73. The zero-order chi connectivity index (χ0) is 18.0. The fourth-order valence-electron chi connectivity index (χ4n) is 2.50. The largest absolute Gasteiger partial charge is 0.449 e. The molecule has 0 saturated carbocycles. The molecule has 0 radical (unpaired) electrons. The third kappa shape index (κ3) is 3.50. The van der Waals surface area contributed by atoms with E-state index in [-0.39, 0.29) is 0 Å². The quantitative estimate of drug-likeness (QED) is 0.743. The molecule has 1 atom stereocenters. The molecule has 0 aliphatic carbocycles. The number of pyridine rings is 1. The van der Waals surface area contributed by atoms with Crippen LogP contribution in [0.15, 0.2) is 54.6 Å². The van der Waals surface area contributed by atoms with Crippen molar-refractivity contribution in [2.75, 3.05) is 0 Å². The lowest BCUT2D eigenvalue weighted by molar-refractivity contribution is -0.125. The summed E-state index contributed by atoms with van der Waals surface area (Å²) >= 11 is 0. The maximum atomic E-state index is 12.6. The van der Waals surface area contributed by atoms with Crippen molar-refractivity contribution in [3.63, 3.8) is 0 Å². The van der Waals surface area contributed by atoms with Crippen molar-refractivity contribution in [2.24, 2.45) is 5.73 Å². The van der Waals surface area contributed by atoms with Gasteiger partial charge in [-0.3, -0.25) is 4.79 Å². The summed E-state index contributed by atoms with van der Waals surface area (Å²) < 4.78 is 5.17. The van der Waals surface area contributed by atoms with Gasteiger partial charge in [-0.1, -0.05) is 48.0 Å². The van der Waals surface area contributed by atoms with Gasteiger partial charge in [-0.15, -0.1) is 0 Å². The normalized spacial score (nSPS) is 11.9. The van der Waals surface area contributed by atoms with E-state index in [1.807, 2.05) is 49.4 Å². The molecule has 0 fully saturated rings. The zero-order valence-electron chi connectivity index (χ0n) is 14.0. The Morgan fingerprint density at radius 2 is 1.76 bits per heavy atom. The van der Waals surface area contributed by atoms with Crippen LogP contribution in [0.2, 0.25) is 0 Å². The van der Waals surface area contributed by atoms with Crippen molar-refractivity contribution in [1.29, 1.82) is 0 Å². The minimum Gasteiger partial charge on any atom is -0.449 e. The van der Waals surface area contributed by atoms with Crippen molar-refractivity contribution < 1.29 is 14.3 Å². The van der Waals surface area contributed by atoms with Crippen molar-refractivity contribution in [2.45, 2.75) is 20.0 Å². The van der Waals surface area contributed by atoms with Crippen LogP contribution in [0, 0.1) is 6.92 Å². The first kappa shape index (κ1) is 16.6. The summed E-state index contributed by atoms with van der Waals surface area (Å²) in [6.07, 6.45) is -0.998. The molecule has 0 spiro atoms. The maximum absolute atomic E-state index is 12.6. The Bertz CT molecular complexity index is 949. The van der Waals surface area contributed by atoms with Crippen LogP contribution >= 0.6 is 0 Å². The smallest absolute Gasteiger partial charge is 0.339 e. The van der Waals surface area contributed by atoms with Gasteiger partial charge in [0.05, 0.1) is 16.8 Å². The summed E-state index contributed by atoms with van der Waals surface area (Å²) in [6.45, 7) is 3.45. The van der Waals surface area contributed by atoms with E-state index in [0.717, 1.165) is 11.1 Å². The van der Waals surface area contributed by atoms with Gasteiger partial charge >= 0.3 is 5.97 Å². The number of hydrogen-bond acceptors (Lipinski definition) is 4. The Morgan fingerprint density at radius 1 is 1.08 bits per heavy atom. The van der Waals surface area contributed by atoms with Gasteiger partial charge in [-0.05, 0) is 26.0 Å². The molecular formula is C20H18N2O3. The minimum absolute atomic E-state index is 0.356. The highest BCUT2D eigenvalue weighted by Crippen LogP contribution is 2.26. The number of nitrogens with zero attached hydrogens (tertiary/aromatic N) is 1. The number of fused-ring (bicyclic) bond motifs is 1. The van der Waals surface area contributed by atoms with Gasteiger partial charge in [-0.2, -0.15) is 0 Å². The Kier molecular flexibility index (Phi) is 4.48. The number of amides is 1. The lowest BCUT2D eigenvalue weighted by Gasteiger charge is -2.12. The van der Waals surface area contributed by atoms with Crippen LogP contribution in [0.1, 0.15) is 22.8 Å². The van der Waals surface area contributed by atoms with E-state index in [1.165, 1.54) is 6.92 Å². The molecule has 25 heavy (non-hydrogen) atoms. The average molecular weight is 334 g/mol. The predicted molar refractivity (Wildman–Crippen MR) is 96.0 cm³/mol. The summed E-state index contributed by atoms with van der Waals surface area (Å²) in [5.41, 5.74) is 8.92. The number of carbonyl (C=O) groups is 2. The second-order valence-electron chi connectivity index (χ2n) is 5.89. The summed E-state index contributed by atoms with van der Waals surface area (Å²) in [7, 11) is 0. The Balaban J connectivity index is 2.11. The SMILES string of the molecule is Cc1ccc(-c2cc(C(=O)O[C@@H](C)C(N)=O)c3ccccc3n2)cc1. The first-order chi connectivity index (χ1) is 12.0. The van der Waals surface area contributed by atoms with E-state index in [9.17, 15) is 9.59 Å². The molecule has 2 aromatic carbocycles. The standard InChI is InChI=1S/C20H18N2O3/c1-12-7-9-14(10-8-12)18-11-16(20(24)25-13(2)19(21)23)15-5-3-4-6-17(15)22-18/h3-11,13H,1-2H3,(H2,21,23)/t13-/m0/s1. The summed E-state index contributed by atoms with van der Waals surface area (Å²) in [4.78, 5) is 28.4. The third-order valence-corrected chi connectivity index (χ3v) is 3.97. The molecule has 0 saturated heterocycles. The first-order valence-electron chi connectivity index (χ1n) is 7.93. The number of rotatable bonds is 4. The number of ether oxygens (including phenoxy) is 1. The van der Waals surface area contributed by atoms with Gasteiger partial charge < -0.3 is 10.5 Å². The Labute approximate surface area is 145 Å². The number of hydrogen-bond donors (Lipinski definition) is 1. The molecule has 0 aliphatic rings. The molecule has 0 bridgehead atoms. The van der Waals surface area contributed by atoms with Crippen LogP contribution in [0.5, 0.6) is 0 Å². The highest BCUT2D eigenvalue weighted by molar-refractivity contribution is 6.05. The number of aromatic nitrogens is 1. The number of nitrogens with two attached hydrogens (primary N) is 1. The van der Waals surface area contributed by atoms with Crippen molar-refractivity contribution >= 4 is 22.8 Å². The third-order valence-electron chi connectivity index (χ3n) is 3.97. The number of carbonyl (C=O) groups excluding carboxylic acids is 2. The number of esters is 1. The van der Waals surface area contributed by atoms with Crippen molar-refractivity contribution in [3.05, 3.63) is 65.7 Å². The number of benzene rings is 2. The minimum atomic E-state index is -0.998. The van der Waals surface area contributed by atoms with Gasteiger partial charge in [0.2, 0.25) is 0 Å². The zero-order valence-corrected chi connectivity index (χ0v) is 14.0. The van der Waals surface area contributed by atoms with Gasteiger partial charge in [0, 0.05) is 10.9 Å². The first-order valence-corrected chi connectivity index (χ1v) is 7.93. The van der Waals surface area contributed by atoms with E-state index >= 15 is 0 Å². The molecule has 0 aliphatic heterocycles. The molecule has 5 nitrogen and oxygen atoms in total. The molecular weight excluding hydrogens is 316 g/mol. The molecule has 1 amide bonds. The van der Waals surface area contributed by atoms with Crippen molar-refractivity contribution in [3.8, 4) is 11.3 Å². The molecule has 3 rings (SSSR count). The lowest BCUT2D eigenvalue weighted by Crippen LogP contribution is -2.30. The molecule has 126 valence electrons. The monoisotopic (exact) mass is 334 g/mol. The van der Waals surface area contributed by atoms with E-state index in [2.05, 4.69) is 4.98 Å². The number of para-hydroxylation sites is 1. The van der Waals surface area contributed by atoms with Crippen LogP contribution < -0.4 is 5.73 Å². The van der Waals surface area contributed by atoms with Gasteiger partial charge in [0.15, 0.2) is 6.10 Å². The summed E-state index contributed by atoms with van der Waals surface area (Å²) in [5.74, 6) is -1.29. The van der Waals surface area contributed by atoms with Crippen LogP contribution in [-0.2, 0) is 9.53 Å². The molecule has 1 aromatic heterocycles. The van der Waals surface area contributed by atoms with Crippen LogP contribution in [0.3, 0.4) is 0 Å². The topological polar surface area (TPSA) is 82.3 Å².